The lowest BCUT2D eigenvalue weighted by molar-refractivity contribution is 0.489. The summed E-state index contributed by atoms with van der Waals surface area (Å²) in [5, 5.41) is 7.09. The summed E-state index contributed by atoms with van der Waals surface area (Å²) in [5.74, 6) is 0. The Bertz CT molecular complexity index is 871. The smallest absolute Gasteiger partial charge is 0.129 e. The topological polar surface area (TPSA) is 30.7 Å². The van der Waals surface area contributed by atoms with Gasteiger partial charge in [-0.15, -0.1) is 11.6 Å². The minimum Gasteiger partial charge on any atom is -0.256 e. The van der Waals surface area contributed by atoms with Gasteiger partial charge in [0.05, 0.1) is 11.1 Å². The van der Waals surface area contributed by atoms with Gasteiger partial charge >= 0.3 is 0 Å². The van der Waals surface area contributed by atoms with Gasteiger partial charge in [0.1, 0.15) is 10.2 Å². The third-order valence-corrected chi connectivity index (χ3v) is 5.94. The average Bonchev–Trinajstić information content (AvgIpc) is 2.83. The van der Waals surface area contributed by atoms with Crippen molar-refractivity contribution in [3.63, 3.8) is 0 Å². The third-order valence-electron chi connectivity index (χ3n) is 4.07. The van der Waals surface area contributed by atoms with Gasteiger partial charge in [-0.2, -0.15) is 5.10 Å². The van der Waals surface area contributed by atoms with Crippen LogP contribution in [-0.4, -0.2) is 20.1 Å². The Balaban J connectivity index is 1.99. The van der Waals surface area contributed by atoms with Crippen LogP contribution < -0.4 is 0 Å². The molecule has 0 bridgehead atoms. The monoisotopic (exact) mass is 427 g/mol. The number of thioether (sulfide) groups is 1. The van der Waals surface area contributed by atoms with E-state index in [4.69, 9.17) is 39.9 Å². The fraction of sp³-hybridized carbons (Fsp3) is 0.368. The summed E-state index contributed by atoms with van der Waals surface area (Å²) >= 11 is 20.3. The molecule has 0 fully saturated rings. The number of allylic oxidation sites excluding steroid dienone is 3. The van der Waals surface area contributed by atoms with Gasteiger partial charge < -0.3 is 0 Å². The molecule has 1 aliphatic carbocycles. The number of rotatable bonds is 5. The maximum atomic E-state index is 6.31. The van der Waals surface area contributed by atoms with Gasteiger partial charge in [-0.1, -0.05) is 41.0 Å². The molecule has 138 valence electrons. The van der Waals surface area contributed by atoms with E-state index in [-0.39, 0.29) is 11.4 Å². The summed E-state index contributed by atoms with van der Waals surface area (Å²) in [5.41, 5.74) is 3.32. The highest BCUT2D eigenvalue weighted by atomic mass is 35.5. The highest BCUT2D eigenvalue weighted by Crippen LogP contribution is 2.39. The molecule has 0 saturated heterocycles. The first-order valence-electron chi connectivity index (χ1n) is 8.41. The van der Waals surface area contributed by atoms with Crippen molar-refractivity contribution in [2.75, 3.05) is 0 Å². The summed E-state index contributed by atoms with van der Waals surface area (Å²) in [6, 6.07) is 4.13. The van der Waals surface area contributed by atoms with Crippen molar-refractivity contribution in [1.82, 2.24) is 14.8 Å². The molecule has 0 radical (unpaired) electrons. The number of aryl methyl sites for hydroxylation is 1. The summed E-state index contributed by atoms with van der Waals surface area (Å²) < 4.78 is 2.07. The summed E-state index contributed by atoms with van der Waals surface area (Å²) in [7, 11) is 0. The Kier molecular flexibility index (Phi) is 6.39. The maximum Gasteiger partial charge on any atom is 0.129 e. The molecule has 3 nitrogen and oxygen atoms in total. The molecule has 1 atom stereocenters. The van der Waals surface area contributed by atoms with Gasteiger partial charge in [0.25, 0.3) is 0 Å². The zero-order valence-electron chi connectivity index (χ0n) is 14.8. The molecule has 2 heterocycles. The summed E-state index contributed by atoms with van der Waals surface area (Å²) in [6.07, 6.45) is 7.20. The van der Waals surface area contributed by atoms with E-state index < -0.39 is 0 Å². The van der Waals surface area contributed by atoms with Crippen molar-refractivity contribution in [1.29, 1.82) is 0 Å². The molecule has 7 heteroatoms. The predicted octanol–water partition coefficient (Wildman–Crippen LogP) is 6.52. The first kappa shape index (κ1) is 19.8. The van der Waals surface area contributed by atoms with Gasteiger partial charge in [-0.3, -0.25) is 4.68 Å². The molecule has 0 saturated carbocycles. The molecular weight excluding hydrogens is 409 g/mol. The van der Waals surface area contributed by atoms with Crippen molar-refractivity contribution in [3.8, 4) is 0 Å². The van der Waals surface area contributed by atoms with Crippen LogP contribution in [-0.2, 0) is 6.42 Å². The van der Waals surface area contributed by atoms with E-state index in [1.165, 1.54) is 5.56 Å². The molecule has 1 unspecified atom stereocenters. The molecule has 1 aliphatic rings. The van der Waals surface area contributed by atoms with Crippen LogP contribution in [0, 0.1) is 6.92 Å². The molecule has 0 amide bonds. The van der Waals surface area contributed by atoms with Crippen molar-refractivity contribution in [2.45, 2.75) is 50.1 Å². The normalized spacial score (nSPS) is 17.4. The molecule has 26 heavy (non-hydrogen) atoms. The van der Waals surface area contributed by atoms with Crippen LogP contribution in [0.5, 0.6) is 0 Å². The molecular formula is C19H20Cl3N3S. The third kappa shape index (κ3) is 4.66. The number of halogens is 3. The van der Waals surface area contributed by atoms with Crippen molar-refractivity contribution in [3.05, 3.63) is 62.4 Å². The molecule has 0 aromatic carbocycles. The first-order valence-corrected chi connectivity index (χ1v) is 10.4. The largest absolute Gasteiger partial charge is 0.256 e. The zero-order valence-corrected chi connectivity index (χ0v) is 17.9. The van der Waals surface area contributed by atoms with Gasteiger partial charge in [-0.25, -0.2) is 4.98 Å². The van der Waals surface area contributed by atoms with Crippen LogP contribution in [0.4, 0.5) is 0 Å². The van der Waals surface area contributed by atoms with Gasteiger partial charge in [0.2, 0.25) is 0 Å². The van der Waals surface area contributed by atoms with Crippen LogP contribution in [0.2, 0.25) is 5.15 Å². The molecule has 2 aromatic heterocycles. The second-order valence-corrected chi connectivity index (χ2v) is 9.05. The molecule has 0 spiro atoms. The van der Waals surface area contributed by atoms with E-state index in [0.717, 1.165) is 32.6 Å². The minimum atomic E-state index is -0.0750. The van der Waals surface area contributed by atoms with Crippen molar-refractivity contribution < 1.29 is 0 Å². The Morgan fingerprint density at radius 3 is 2.77 bits per heavy atom. The van der Waals surface area contributed by atoms with E-state index in [9.17, 15) is 0 Å². The zero-order chi connectivity index (χ0) is 18.8. The Morgan fingerprint density at radius 1 is 1.35 bits per heavy atom. The van der Waals surface area contributed by atoms with Gasteiger partial charge in [-0.05, 0) is 44.5 Å². The molecule has 0 aliphatic heterocycles. The van der Waals surface area contributed by atoms with E-state index >= 15 is 0 Å². The highest BCUT2D eigenvalue weighted by Gasteiger charge is 2.21. The SMILES string of the molecule is Cc1nn(C(C)C)c(SC2=CC(Cl)CC(Cl)=C2)c1Cc1ccnc(Cl)c1. The van der Waals surface area contributed by atoms with E-state index in [0.29, 0.717) is 11.6 Å². The number of hydrogen-bond donors (Lipinski definition) is 0. The number of pyridine rings is 1. The first-order chi connectivity index (χ1) is 12.3. The van der Waals surface area contributed by atoms with Crippen LogP contribution in [0.25, 0.3) is 0 Å². The lowest BCUT2D eigenvalue weighted by atomic mass is 10.1. The molecule has 2 aromatic rings. The van der Waals surface area contributed by atoms with E-state index in [1.807, 2.05) is 25.1 Å². The van der Waals surface area contributed by atoms with Gasteiger partial charge in [0, 0.05) is 40.6 Å². The van der Waals surface area contributed by atoms with E-state index in [1.54, 1.807) is 18.0 Å². The fourth-order valence-corrected chi connectivity index (χ4v) is 5.18. The highest BCUT2D eigenvalue weighted by molar-refractivity contribution is 8.03. The quantitative estimate of drug-likeness (QED) is 0.401. The summed E-state index contributed by atoms with van der Waals surface area (Å²) in [4.78, 5) is 5.12. The second-order valence-electron chi connectivity index (χ2n) is 6.55. The van der Waals surface area contributed by atoms with Crippen LogP contribution in [0.1, 0.15) is 43.1 Å². The molecule has 0 N–H and O–H groups in total. The predicted molar refractivity (Wildman–Crippen MR) is 112 cm³/mol. The standard InChI is InChI=1S/C19H20Cl3N3S/c1-11(2)25-19(26-16-9-14(20)8-15(21)10-16)17(12(3)24-25)6-13-4-5-23-18(22)7-13/h4-5,7,9-11,14H,6,8H2,1-3H3. The number of hydrogen-bond acceptors (Lipinski definition) is 3. The Hall–Kier alpha value is -0.940. The number of aromatic nitrogens is 3. The van der Waals surface area contributed by atoms with Crippen molar-refractivity contribution >= 4 is 46.6 Å². The number of nitrogens with zero attached hydrogens (tertiary/aromatic N) is 3. The summed E-state index contributed by atoms with van der Waals surface area (Å²) in [6.45, 7) is 6.31. The second kappa shape index (κ2) is 8.39. The van der Waals surface area contributed by atoms with E-state index in [2.05, 4.69) is 29.6 Å². The van der Waals surface area contributed by atoms with Crippen LogP contribution in [0.3, 0.4) is 0 Å². The lowest BCUT2D eigenvalue weighted by Crippen LogP contribution is -2.06. The fourth-order valence-electron chi connectivity index (χ4n) is 2.84. The van der Waals surface area contributed by atoms with Crippen molar-refractivity contribution in [2.24, 2.45) is 0 Å². The van der Waals surface area contributed by atoms with Crippen LogP contribution >= 0.6 is 46.6 Å². The molecule has 3 rings (SSSR count). The van der Waals surface area contributed by atoms with Gasteiger partial charge in [0.15, 0.2) is 0 Å². The Labute approximate surface area is 173 Å². The number of alkyl halides is 1. The average molecular weight is 429 g/mol. The van der Waals surface area contributed by atoms with Crippen LogP contribution in [0.15, 0.2) is 45.4 Å². The minimum absolute atomic E-state index is 0.0750. The maximum absolute atomic E-state index is 6.31. The Morgan fingerprint density at radius 2 is 2.12 bits per heavy atom. The lowest BCUT2D eigenvalue weighted by Gasteiger charge is -2.16.